The van der Waals surface area contributed by atoms with Crippen LogP contribution in [0.25, 0.3) is 0 Å². The second-order valence-electron chi connectivity index (χ2n) is 7.17. The molecular formula is C21H24N2O. The van der Waals surface area contributed by atoms with Crippen molar-refractivity contribution >= 4 is 5.91 Å². The summed E-state index contributed by atoms with van der Waals surface area (Å²) >= 11 is 0. The number of benzene rings is 2. The van der Waals surface area contributed by atoms with E-state index in [0.717, 1.165) is 25.9 Å². The summed E-state index contributed by atoms with van der Waals surface area (Å²) in [7, 11) is 0. The Kier molecular flexibility index (Phi) is 3.89. The van der Waals surface area contributed by atoms with Gasteiger partial charge in [0.2, 0.25) is 5.91 Å². The van der Waals surface area contributed by atoms with Crippen LogP contribution in [0.2, 0.25) is 0 Å². The normalized spacial score (nSPS) is 24.8. The molecule has 2 aromatic carbocycles. The Hall–Kier alpha value is -2.13. The quantitative estimate of drug-likeness (QED) is 0.941. The number of likely N-dealkylation sites (tertiary alicyclic amines) is 1. The lowest BCUT2D eigenvalue weighted by atomic mass is 9.89. The topological polar surface area (TPSA) is 46.3 Å². The van der Waals surface area contributed by atoms with Crippen molar-refractivity contribution < 1.29 is 4.79 Å². The van der Waals surface area contributed by atoms with Gasteiger partial charge in [-0.1, -0.05) is 60.7 Å². The number of amides is 1. The highest BCUT2D eigenvalue weighted by atomic mass is 16.2. The van der Waals surface area contributed by atoms with E-state index in [-0.39, 0.29) is 5.41 Å². The van der Waals surface area contributed by atoms with Gasteiger partial charge in [0, 0.05) is 19.0 Å². The fourth-order valence-corrected chi connectivity index (χ4v) is 4.16. The molecule has 24 heavy (non-hydrogen) atoms. The molecule has 0 bridgehead atoms. The van der Waals surface area contributed by atoms with Gasteiger partial charge in [-0.05, 0) is 36.4 Å². The largest absolute Gasteiger partial charge is 0.341 e. The number of hydrogen-bond donors (Lipinski definition) is 1. The van der Waals surface area contributed by atoms with E-state index in [2.05, 4.69) is 41.3 Å². The molecule has 0 aromatic heterocycles. The minimum Gasteiger partial charge on any atom is -0.341 e. The van der Waals surface area contributed by atoms with E-state index in [1.165, 1.54) is 11.1 Å². The molecule has 1 amide bonds. The van der Waals surface area contributed by atoms with Gasteiger partial charge in [0.05, 0.1) is 5.41 Å². The van der Waals surface area contributed by atoms with Crippen LogP contribution < -0.4 is 5.73 Å². The van der Waals surface area contributed by atoms with Crippen LogP contribution in [0.15, 0.2) is 60.7 Å². The van der Waals surface area contributed by atoms with Gasteiger partial charge < -0.3 is 10.6 Å². The van der Waals surface area contributed by atoms with Gasteiger partial charge in [-0.25, -0.2) is 0 Å². The Morgan fingerprint density at radius 3 is 2.21 bits per heavy atom. The third-order valence-corrected chi connectivity index (χ3v) is 5.74. The zero-order valence-electron chi connectivity index (χ0n) is 13.9. The average Bonchev–Trinajstić information content (AvgIpc) is 3.35. The van der Waals surface area contributed by atoms with Crippen molar-refractivity contribution in [2.45, 2.75) is 24.2 Å². The lowest BCUT2D eigenvalue weighted by Crippen LogP contribution is -2.38. The molecule has 4 rings (SSSR count). The first-order valence-corrected chi connectivity index (χ1v) is 8.84. The zero-order valence-corrected chi connectivity index (χ0v) is 13.9. The fraction of sp³-hybridized carbons (Fsp3) is 0.381. The number of rotatable bonds is 4. The molecular weight excluding hydrogens is 296 g/mol. The number of nitrogens with two attached hydrogens (primary N) is 1. The Labute approximate surface area is 143 Å². The van der Waals surface area contributed by atoms with E-state index >= 15 is 0 Å². The molecule has 1 aliphatic carbocycles. The van der Waals surface area contributed by atoms with Crippen molar-refractivity contribution in [3.05, 3.63) is 71.8 Å². The highest BCUT2D eigenvalue weighted by Crippen LogP contribution is 2.50. The van der Waals surface area contributed by atoms with Crippen LogP contribution >= 0.6 is 0 Å². The molecule has 3 nitrogen and oxygen atoms in total. The van der Waals surface area contributed by atoms with Crippen LogP contribution in [-0.4, -0.2) is 30.4 Å². The first-order chi connectivity index (χ1) is 11.7. The van der Waals surface area contributed by atoms with Crippen molar-refractivity contribution in [1.29, 1.82) is 0 Å². The van der Waals surface area contributed by atoms with E-state index < -0.39 is 0 Å². The number of carbonyl (C=O) groups is 1. The molecule has 3 heteroatoms. The van der Waals surface area contributed by atoms with E-state index in [4.69, 9.17) is 5.73 Å². The Morgan fingerprint density at radius 1 is 1.00 bits per heavy atom. The van der Waals surface area contributed by atoms with Gasteiger partial charge in [-0.15, -0.1) is 0 Å². The molecule has 2 fully saturated rings. The van der Waals surface area contributed by atoms with Crippen LogP contribution in [0.3, 0.4) is 0 Å². The maximum Gasteiger partial charge on any atom is 0.233 e. The van der Waals surface area contributed by atoms with Crippen LogP contribution in [0.4, 0.5) is 0 Å². The van der Waals surface area contributed by atoms with Crippen molar-refractivity contribution in [3.63, 3.8) is 0 Å². The summed E-state index contributed by atoms with van der Waals surface area (Å²) in [4.78, 5) is 15.3. The summed E-state index contributed by atoms with van der Waals surface area (Å²) in [5.41, 5.74) is 8.22. The van der Waals surface area contributed by atoms with Crippen LogP contribution in [-0.2, 0) is 10.2 Å². The minimum atomic E-state index is -0.272. The smallest absolute Gasteiger partial charge is 0.233 e. The highest BCUT2D eigenvalue weighted by Gasteiger charge is 2.54. The van der Waals surface area contributed by atoms with Crippen molar-refractivity contribution in [2.24, 2.45) is 11.7 Å². The molecule has 2 atom stereocenters. The van der Waals surface area contributed by atoms with Crippen LogP contribution in [0.5, 0.6) is 0 Å². The molecule has 2 aromatic rings. The maximum atomic E-state index is 13.3. The number of carbonyl (C=O) groups excluding carboxylic acids is 1. The highest BCUT2D eigenvalue weighted by molar-refractivity contribution is 5.91. The van der Waals surface area contributed by atoms with Gasteiger partial charge >= 0.3 is 0 Å². The Morgan fingerprint density at radius 2 is 1.62 bits per heavy atom. The number of nitrogens with zero attached hydrogens (tertiary/aromatic N) is 1. The lowest BCUT2D eigenvalue weighted by molar-refractivity contribution is -0.133. The van der Waals surface area contributed by atoms with E-state index in [1.54, 1.807) is 0 Å². The van der Waals surface area contributed by atoms with Crippen LogP contribution in [0, 0.1) is 5.92 Å². The van der Waals surface area contributed by atoms with Gasteiger partial charge in [0.1, 0.15) is 0 Å². The van der Waals surface area contributed by atoms with Crippen molar-refractivity contribution in [2.75, 3.05) is 19.6 Å². The molecule has 1 aliphatic heterocycles. The first-order valence-electron chi connectivity index (χ1n) is 8.84. The molecule has 0 unspecified atom stereocenters. The summed E-state index contributed by atoms with van der Waals surface area (Å²) in [6, 6.07) is 20.7. The fourth-order valence-electron chi connectivity index (χ4n) is 4.16. The van der Waals surface area contributed by atoms with Gasteiger partial charge in [-0.2, -0.15) is 0 Å². The number of hydrogen-bond acceptors (Lipinski definition) is 2. The minimum absolute atomic E-state index is 0.272. The third kappa shape index (κ3) is 2.53. The SMILES string of the molecule is NC[C@@H]1CN(C(=O)C2(c3ccccc3)CC2)C[C@H]1c1ccccc1. The second kappa shape index (κ2) is 6.06. The monoisotopic (exact) mass is 320 g/mol. The van der Waals surface area contributed by atoms with E-state index in [1.807, 2.05) is 24.3 Å². The maximum absolute atomic E-state index is 13.3. The predicted octanol–water partition coefficient (Wildman–Crippen LogP) is 2.92. The molecule has 1 saturated heterocycles. The van der Waals surface area contributed by atoms with Crippen molar-refractivity contribution in [1.82, 2.24) is 4.90 Å². The Bertz CT molecular complexity index is 709. The molecule has 2 N–H and O–H groups in total. The third-order valence-electron chi connectivity index (χ3n) is 5.74. The zero-order chi connectivity index (χ0) is 16.6. The lowest BCUT2D eigenvalue weighted by Gasteiger charge is -2.23. The standard InChI is InChI=1S/C21H24N2O/c22-13-17-14-23(15-19(17)16-7-3-1-4-8-16)20(24)21(11-12-21)18-9-5-2-6-10-18/h1-10,17,19H,11-15,22H2/t17-,19+/m1/s1. The summed E-state index contributed by atoms with van der Waals surface area (Å²) in [5.74, 6) is 1.00. The molecule has 124 valence electrons. The van der Waals surface area contributed by atoms with E-state index in [9.17, 15) is 4.79 Å². The summed E-state index contributed by atoms with van der Waals surface area (Å²) in [5, 5.41) is 0. The van der Waals surface area contributed by atoms with Gasteiger partial charge in [-0.3, -0.25) is 4.79 Å². The summed E-state index contributed by atoms with van der Waals surface area (Å²) in [6.45, 7) is 2.20. The Balaban J connectivity index is 1.56. The van der Waals surface area contributed by atoms with Crippen molar-refractivity contribution in [3.8, 4) is 0 Å². The average molecular weight is 320 g/mol. The summed E-state index contributed by atoms with van der Waals surface area (Å²) < 4.78 is 0. The van der Waals surface area contributed by atoms with Crippen LogP contribution in [0.1, 0.15) is 29.9 Å². The second-order valence-corrected chi connectivity index (χ2v) is 7.17. The first kappa shape index (κ1) is 15.4. The van der Waals surface area contributed by atoms with Gasteiger partial charge in [0.15, 0.2) is 0 Å². The molecule has 1 heterocycles. The molecule has 1 saturated carbocycles. The summed E-state index contributed by atoms with van der Waals surface area (Å²) in [6.07, 6.45) is 1.94. The molecule has 0 radical (unpaired) electrons. The van der Waals surface area contributed by atoms with E-state index in [0.29, 0.717) is 24.3 Å². The predicted molar refractivity (Wildman–Crippen MR) is 95.7 cm³/mol. The molecule has 2 aliphatic rings. The molecule has 0 spiro atoms. The van der Waals surface area contributed by atoms with Gasteiger partial charge in [0.25, 0.3) is 0 Å².